The summed E-state index contributed by atoms with van der Waals surface area (Å²) in [5.74, 6) is 1.18. The maximum Gasteiger partial charge on any atom is 0.264 e. The van der Waals surface area contributed by atoms with E-state index in [9.17, 15) is 4.79 Å². The molecule has 2 aromatic rings. The van der Waals surface area contributed by atoms with Gasteiger partial charge in [0.1, 0.15) is 5.75 Å². The van der Waals surface area contributed by atoms with Crippen LogP contribution >= 0.6 is 0 Å². The van der Waals surface area contributed by atoms with Crippen LogP contribution in [-0.4, -0.2) is 10.2 Å². The molecule has 1 heterocycles. The lowest BCUT2D eigenvalue weighted by Crippen LogP contribution is -2.06. The summed E-state index contributed by atoms with van der Waals surface area (Å²) in [6.07, 6.45) is 0. The predicted molar refractivity (Wildman–Crippen MR) is 65.6 cm³/mol. The summed E-state index contributed by atoms with van der Waals surface area (Å²) >= 11 is 0. The van der Waals surface area contributed by atoms with Crippen molar-refractivity contribution in [3.05, 3.63) is 51.3 Å². The first-order valence-electron chi connectivity index (χ1n) is 5.37. The average Bonchev–Trinajstić information content (AvgIpc) is 2.26. The largest absolute Gasteiger partial charge is 0.437 e. The summed E-state index contributed by atoms with van der Waals surface area (Å²) in [4.78, 5) is 10.9. The van der Waals surface area contributed by atoms with Crippen LogP contribution < -0.4 is 10.3 Å². The number of hydrogen-bond donors (Lipinski definition) is 1. The van der Waals surface area contributed by atoms with Crippen LogP contribution in [0.4, 0.5) is 0 Å². The van der Waals surface area contributed by atoms with Crippen molar-refractivity contribution in [2.24, 2.45) is 0 Å². The third-order valence-electron chi connectivity index (χ3n) is 2.46. The summed E-state index contributed by atoms with van der Waals surface area (Å²) in [5, 5.41) is 6.16. The minimum atomic E-state index is -0.241. The van der Waals surface area contributed by atoms with Crippen LogP contribution in [0.1, 0.15) is 16.7 Å². The van der Waals surface area contributed by atoms with E-state index in [0.29, 0.717) is 5.88 Å². The molecule has 1 aromatic carbocycles. The van der Waals surface area contributed by atoms with Gasteiger partial charge in [-0.3, -0.25) is 4.79 Å². The zero-order valence-electron chi connectivity index (χ0n) is 10.1. The Morgan fingerprint density at radius 3 is 2.29 bits per heavy atom. The number of aromatic amines is 1. The van der Waals surface area contributed by atoms with E-state index in [0.717, 1.165) is 16.9 Å². The number of aromatic nitrogens is 2. The number of H-pyrrole nitrogens is 1. The van der Waals surface area contributed by atoms with Crippen LogP contribution in [0.3, 0.4) is 0 Å². The molecule has 0 bridgehead atoms. The van der Waals surface area contributed by atoms with Gasteiger partial charge in [0.25, 0.3) is 5.56 Å². The van der Waals surface area contributed by atoms with E-state index in [1.54, 1.807) is 6.07 Å². The van der Waals surface area contributed by atoms with Crippen LogP contribution in [0.15, 0.2) is 29.1 Å². The topological polar surface area (TPSA) is 55.0 Å². The number of aryl methyl sites for hydroxylation is 3. The smallest absolute Gasteiger partial charge is 0.264 e. The second-order valence-electron chi connectivity index (χ2n) is 4.09. The van der Waals surface area contributed by atoms with Crippen molar-refractivity contribution >= 4 is 0 Å². The summed E-state index contributed by atoms with van der Waals surface area (Å²) in [5.41, 5.74) is 3.06. The summed E-state index contributed by atoms with van der Waals surface area (Å²) in [6.45, 7) is 6.02. The Labute approximate surface area is 99.3 Å². The quantitative estimate of drug-likeness (QED) is 0.862. The second-order valence-corrected chi connectivity index (χ2v) is 4.09. The summed E-state index contributed by atoms with van der Waals surface area (Å²) in [7, 11) is 0. The molecule has 0 radical (unpaired) electrons. The minimum absolute atomic E-state index is 0.241. The van der Waals surface area contributed by atoms with Crippen LogP contribution in [-0.2, 0) is 0 Å². The van der Waals surface area contributed by atoms with Crippen LogP contribution in [0.5, 0.6) is 11.6 Å². The first-order chi connectivity index (χ1) is 8.06. The Morgan fingerprint density at radius 2 is 1.76 bits per heavy atom. The molecular formula is C13H14N2O2. The summed E-state index contributed by atoms with van der Waals surface area (Å²) in [6, 6.07) is 7.04. The second kappa shape index (κ2) is 4.41. The maximum atomic E-state index is 10.9. The van der Waals surface area contributed by atoms with Gasteiger partial charge in [0.05, 0.1) is 0 Å². The predicted octanol–water partition coefficient (Wildman–Crippen LogP) is 2.49. The molecule has 4 heteroatoms. The Hall–Kier alpha value is -2.10. The van der Waals surface area contributed by atoms with Crippen molar-refractivity contribution in [2.45, 2.75) is 20.8 Å². The number of rotatable bonds is 2. The summed E-state index contributed by atoms with van der Waals surface area (Å²) < 4.78 is 5.67. The number of benzene rings is 1. The molecule has 0 unspecified atom stereocenters. The van der Waals surface area contributed by atoms with Crippen molar-refractivity contribution in [2.75, 3.05) is 0 Å². The zero-order valence-corrected chi connectivity index (χ0v) is 10.1. The Morgan fingerprint density at radius 1 is 1.12 bits per heavy atom. The Bertz CT molecular complexity index is 559. The lowest BCUT2D eigenvalue weighted by Gasteiger charge is -2.11. The number of hydrogen-bond acceptors (Lipinski definition) is 3. The van der Waals surface area contributed by atoms with E-state index in [1.807, 2.05) is 32.9 Å². The molecule has 0 spiro atoms. The highest BCUT2D eigenvalue weighted by Gasteiger charge is 2.07. The lowest BCUT2D eigenvalue weighted by molar-refractivity contribution is 0.447. The molecule has 1 N–H and O–H groups in total. The van der Waals surface area contributed by atoms with Gasteiger partial charge in [-0.1, -0.05) is 17.7 Å². The fraction of sp³-hybridized carbons (Fsp3) is 0.231. The fourth-order valence-corrected chi connectivity index (χ4v) is 1.82. The van der Waals surface area contributed by atoms with Crippen LogP contribution in [0.25, 0.3) is 0 Å². The van der Waals surface area contributed by atoms with Crippen LogP contribution in [0.2, 0.25) is 0 Å². The molecule has 0 amide bonds. The highest BCUT2D eigenvalue weighted by Crippen LogP contribution is 2.28. The zero-order chi connectivity index (χ0) is 12.4. The number of ether oxygens (including phenoxy) is 1. The molecule has 0 atom stereocenters. The molecule has 0 saturated heterocycles. The van der Waals surface area contributed by atoms with Crippen LogP contribution in [0, 0.1) is 20.8 Å². The third-order valence-corrected chi connectivity index (χ3v) is 2.46. The molecule has 0 aliphatic heterocycles. The van der Waals surface area contributed by atoms with Gasteiger partial charge in [-0.15, -0.1) is 5.10 Å². The standard InChI is InChI=1S/C13H14N2O2/c1-8-6-9(2)13(10(3)7-8)17-12-5-4-11(16)14-15-12/h4-7H,1-3H3,(H,14,16). The van der Waals surface area contributed by atoms with E-state index in [1.165, 1.54) is 11.6 Å². The SMILES string of the molecule is Cc1cc(C)c(Oc2ccc(=O)[nH]n2)c(C)c1. The molecule has 1 aromatic heterocycles. The first kappa shape index (κ1) is 11.4. The van der Waals surface area contributed by atoms with E-state index >= 15 is 0 Å². The highest BCUT2D eigenvalue weighted by atomic mass is 16.5. The first-order valence-corrected chi connectivity index (χ1v) is 5.37. The molecular weight excluding hydrogens is 216 g/mol. The third kappa shape index (κ3) is 2.53. The van der Waals surface area contributed by atoms with Crippen molar-refractivity contribution in [3.8, 4) is 11.6 Å². The molecule has 0 fully saturated rings. The van der Waals surface area contributed by atoms with E-state index < -0.39 is 0 Å². The molecule has 4 nitrogen and oxygen atoms in total. The molecule has 88 valence electrons. The van der Waals surface area contributed by atoms with E-state index in [-0.39, 0.29) is 5.56 Å². The molecule has 0 aliphatic rings. The van der Waals surface area contributed by atoms with Gasteiger partial charge in [0.2, 0.25) is 5.88 Å². The minimum Gasteiger partial charge on any atom is -0.437 e. The van der Waals surface area contributed by atoms with Crippen molar-refractivity contribution < 1.29 is 4.74 Å². The normalized spacial score (nSPS) is 10.3. The van der Waals surface area contributed by atoms with E-state index in [2.05, 4.69) is 10.2 Å². The number of nitrogens with one attached hydrogen (secondary N) is 1. The van der Waals surface area contributed by atoms with Gasteiger partial charge >= 0.3 is 0 Å². The number of nitrogens with zero attached hydrogens (tertiary/aromatic N) is 1. The average molecular weight is 230 g/mol. The van der Waals surface area contributed by atoms with Gasteiger partial charge in [-0.2, -0.15) is 0 Å². The van der Waals surface area contributed by atoms with Gasteiger partial charge in [-0.25, -0.2) is 5.10 Å². The molecule has 0 saturated carbocycles. The molecule has 0 aliphatic carbocycles. The monoisotopic (exact) mass is 230 g/mol. The Kier molecular flexibility index (Phi) is 2.95. The fourth-order valence-electron chi connectivity index (χ4n) is 1.82. The molecule has 2 rings (SSSR count). The van der Waals surface area contributed by atoms with E-state index in [4.69, 9.17) is 4.74 Å². The van der Waals surface area contributed by atoms with Crippen molar-refractivity contribution in [3.63, 3.8) is 0 Å². The van der Waals surface area contributed by atoms with Gasteiger partial charge in [-0.05, 0) is 31.9 Å². The Balaban J connectivity index is 2.36. The lowest BCUT2D eigenvalue weighted by atomic mass is 10.1. The van der Waals surface area contributed by atoms with Gasteiger partial charge in [0, 0.05) is 12.1 Å². The van der Waals surface area contributed by atoms with Gasteiger partial charge < -0.3 is 4.74 Å². The maximum absolute atomic E-state index is 10.9. The van der Waals surface area contributed by atoms with Gasteiger partial charge in [0.15, 0.2) is 0 Å². The highest BCUT2D eigenvalue weighted by molar-refractivity contribution is 5.44. The van der Waals surface area contributed by atoms with Crippen molar-refractivity contribution in [1.29, 1.82) is 0 Å². The molecule has 17 heavy (non-hydrogen) atoms. The van der Waals surface area contributed by atoms with Crippen molar-refractivity contribution in [1.82, 2.24) is 10.2 Å².